The maximum Gasteiger partial charge on any atom is 0.174 e. The van der Waals surface area contributed by atoms with Gasteiger partial charge in [-0.05, 0) is 12.8 Å². The third kappa shape index (κ3) is 0.954. The molecule has 34 valence electrons. The molecule has 1 aliphatic rings. The average molecular weight is 86.1 g/mol. The maximum atomic E-state index is 4.46. The first-order chi connectivity index (χ1) is 3.00. The fourth-order valence-electron chi connectivity index (χ4n) is 0.328. The highest BCUT2D eigenvalue weighted by Gasteiger charge is 1.98. The second-order valence-corrected chi connectivity index (χ2v) is 1.15. The van der Waals surface area contributed by atoms with E-state index in [4.69, 9.17) is 0 Å². The Morgan fingerprint density at radius 2 is 2.50 bits per heavy atom. The first kappa shape index (κ1) is 4.09. The smallest absolute Gasteiger partial charge is 0.174 e. The van der Waals surface area contributed by atoms with Crippen molar-refractivity contribution < 1.29 is 9.78 Å². The monoisotopic (exact) mass is 86.0 g/mol. The summed E-state index contributed by atoms with van der Waals surface area (Å²) in [5.74, 6) is 0. The minimum atomic E-state index is 0.715. The Morgan fingerprint density at radius 1 is 1.50 bits per heavy atom. The Balaban J connectivity index is 2.00. The Hall–Kier alpha value is -0.0800. The lowest BCUT2D eigenvalue weighted by Crippen LogP contribution is -2.01. The molecule has 1 rings (SSSR count). The molecule has 2 nitrogen and oxygen atoms in total. The summed E-state index contributed by atoms with van der Waals surface area (Å²) in [6, 6.07) is 0. The van der Waals surface area contributed by atoms with Gasteiger partial charge in [0.05, 0.1) is 6.61 Å². The molecule has 0 bridgehead atoms. The van der Waals surface area contributed by atoms with Crippen molar-refractivity contribution >= 4 is 0 Å². The van der Waals surface area contributed by atoms with Gasteiger partial charge in [-0.15, -0.1) is 0 Å². The summed E-state index contributed by atoms with van der Waals surface area (Å²) in [5, 5.41) is 0. The summed E-state index contributed by atoms with van der Waals surface area (Å²) in [5.41, 5.74) is 0. The predicted octanol–water partition coefficient (Wildman–Crippen LogP) is 0.767. The zero-order valence-electron chi connectivity index (χ0n) is 3.44. The van der Waals surface area contributed by atoms with Crippen LogP contribution in [0, 0.1) is 6.61 Å². The number of rotatable bonds is 0. The quantitative estimate of drug-likeness (QED) is 0.405. The van der Waals surface area contributed by atoms with Gasteiger partial charge in [-0.3, -0.25) is 0 Å². The first-order valence-electron chi connectivity index (χ1n) is 2.01. The Labute approximate surface area is 37.0 Å². The molecule has 2 radical (unpaired) electrons. The van der Waals surface area contributed by atoms with E-state index in [1.54, 1.807) is 0 Å². The van der Waals surface area contributed by atoms with Crippen molar-refractivity contribution in [3.8, 4) is 0 Å². The molecule has 1 fully saturated rings. The molecular weight excluding hydrogens is 80.0 g/mol. The lowest BCUT2D eigenvalue weighted by molar-refractivity contribution is -0.285. The van der Waals surface area contributed by atoms with Crippen LogP contribution in [0.4, 0.5) is 0 Å². The van der Waals surface area contributed by atoms with Gasteiger partial charge in [-0.2, -0.15) is 0 Å². The van der Waals surface area contributed by atoms with Crippen molar-refractivity contribution in [2.45, 2.75) is 12.8 Å². The summed E-state index contributed by atoms with van der Waals surface area (Å²) in [7, 11) is 0. The van der Waals surface area contributed by atoms with Crippen LogP contribution < -0.4 is 0 Å². The van der Waals surface area contributed by atoms with Crippen LogP contribution in [0.2, 0.25) is 0 Å². The zero-order valence-corrected chi connectivity index (χ0v) is 3.44. The van der Waals surface area contributed by atoms with Gasteiger partial charge in [-0.1, -0.05) is 0 Å². The average Bonchev–Trinajstić information content (AvgIpc) is 1.72. The van der Waals surface area contributed by atoms with Gasteiger partial charge in [0.15, 0.2) is 6.61 Å². The van der Waals surface area contributed by atoms with Crippen LogP contribution >= 0.6 is 0 Å². The van der Waals surface area contributed by atoms with E-state index in [9.17, 15) is 0 Å². The summed E-state index contributed by atoms with van der Waals surface area (Å²) < 4.78 is 0. The van der Waals surface area contributed by atoms with Gasteiger partial charge in [0.1, 0.15) is 0 Å². The summed E-state index contributed by atoms with van der Waals surface area (Å²) in [6.45, 7) is 3.28. The molecule has 2 heteroatoms. The van der Waals surface area contributed by atoms with Gasteiger partial charge in [-0.25, -0.2) is 9.78 Å². The number of hydrogen-bond donors (Lipinski definition) is 0. The van der Waals surface area contributed by atoms with Crippen LogP contribution in [0.25, 0.3) is 0 Å². The predicted molar refractivity (Wildman–Crippen MR) is 19.5 cm³/mol. The van der Waals surface area contributed by atoms with E-state index >= 15 is 0 Å². The molecule has 0 amide bonds. The highest BCUT2D eigenvalue weighted by Crippen LogP contribution is 2.02. The molecule has 0 spiro atoms. The maximum absolute atomic E-state index is 4.46. The van der Waals surface area contributed by atoms with Crippen molar-refractivity contribution in [1.29, 1.82) is 0 Å². The van der Waals surface area contributed by atoms with Crippen molar-refractivity contribution in [2.75, 3.05) is 6.61 Å². The van der Waals surface area contributed by atoms with Crippen molar-refractivity contribution in [3.63, 3.8) is 0 Å². The van der Waals surface area contributed by atoms with Crippen LogP contribution in [0.3, 0.4) is 0 Å². The molecule has 0 aromatic carbocycles. The largest absolute Gasteiger partial charge is 0.236 e. The molecule has 1 heterocycles. The van der Waals surface area contributed by atoms with E-state index in [1.165, 1.54) is 0 Å². The standard InChI is InChI=1S/C4H6O2/c1-2-4-6-5-3-1/h1-3H2. The molecule has 0 aromatic heterocycles. The lowest BCUT2D eigenvalue weighted by Gasteiger charge is -2.05. The topological polar surface area (TPSA) is 18.5 Å². The van der Waals surface area contributed by atoms with Gasteiger partial charge in [0.2, 0.25) is 0 Å². The minimum absolute atomic E-state index is 0.715. The highest BCUT2D eigenvalue weighted by molar-refractivity contribution is 4.49. The van der Waals surface area contributed by atoms with E-state index in [1.807, 2.05) is 0 Å². The molecule has 0 aromatic rings. The second kappa shape index (κ2) is 2.16. The van der Waals surface area contributed by atoms with Crippen LogP contribution in [-0.2, 0) is 9.78 Å². The Morgan fingerprint density at radius 3 is 2.67 bits per heavy atom. The van der Waals surface area contributed by atoms with Crippen molar-refractivity contribution in [1.82, 2.24) is 0 Å². The summed E-state index contributed by atoms with van der Waals surface area (Å²) in [6.07, 6.45) is 1.94. The fourth-order valence-corrected chi connectivity index (χ4v) is 0.328. The van der Waals surface area contributed by atoms with Gasteiger partial charge < -0.3 is 0 Å². The third-order valence-corrected chi connectivity index (χ3v) is 0.624. The highest BCUT2D eigenvalue weighted by atomic mass is 17.2. The molecule has 1 aliphatic heterocycles. The molecule has 0 atom stereocenters. The van der Waals surface area contributed by atoms with E-state index < -0.39 is 0 Å². The van der Waals surface area contributed by atoms with Crippen LogP contribution in [0.1, 0.15) is 12.8 Å². The molecule has 0 unspecified atom stereocenters. The molecule has 0 saturated carbocycles. The van der Waals surface area contributed by atoms with Gasteiger partial charge >= 0.3 is 0 Å². The fraction of sp³-hybridized carbons (Fsp3) is 0.750. The molecule has 1 saturated heterocycles. The van der Waals surface area contributed by atoms with Gasteiger partial charge in [0.25, 0.3) is 0 Å². The lowest BCUT2D eigenvalue weighted by atomic mass is 10.3. The summed E-state index contributed by atoms with van der Waals surface area (Å²) >= 11 is 0. The molecular formula is C4H6O2. The van der Waals surface area contributed by atoms with Crippen LogP contribution in [-0.4, -0.2) is 6.61 Å². The molecule has 6 heavy (non-hydrogen) atoms. The second-order valence-electron chi connectivity index (χ2n) is 1.15. The minimum Gasteiger partial charge on any atom is -0.236 e. The van der Waals surface area contributed by atoms with E-state index in [-0.39, 0.29) is 0 Å². The first-order valence-corrected chi connectivity index (χ1v) is 2.01. The number of hydrogen-bond acceptors (Lipinski definition) is 2. The van der Waals surface area contributed by atoms with Gasteiger partial charge in [0, 0.05) is 0 Å². The van der Waals surface area contributed by atoms with Crippen molar-refractivity contribution in [3.05, 3.63) is 6.61 Å². The normalized spacial score (nSPS) is 24.0. The molecule has 0 aliphatic carbocycles. The zero-order chi connectivity index (χ0) is 4.24. The SMILES string of the molecule is [C]1CCCOO1. The Bertz CT molecular complexity index is 21.0. The van der Waals surface area contributed by atoms with E-state index in [2.05, 4.69) is 16.4 Å². The summed E-state index contributed by atoms with van der Waals surface area (Å²) in [4.78, 5) is 8.78. The van der Waals surface area contributed by atoms with E-state index in [0.29, 0.717) is 6.61 Å². The van der Waals surface area contributed by atoms with Crippen LogP contribution in [0.15, 0.2) is 0 Å². The Kier molecular flexibility index (Phi) is 1.47. The van der Waals surface area contributed by atoms with Crippen LogP contribution in [0.5, 0.6) is 0 Å². The van der Waals surface area contributed by atoms with Crippen molar-refractivity contribution in [2.24, 2.45) is 0 Å². The third-order valence-electron chi connectivity index (χ3n) is 0.624. The molecule has 0 N–H and O–H groups in total. The van der Waals surface area contributed by atoms with E-state index in [0.717, 1.165) is 12.8 Å².